The second-order valence-corrected chi connectivity index (χ2v) is 5.21. The van der Waals surface area contributed by atoms with Crippen molar-refractivity contribution in [2.75, 3.05) is 11.0 Å². The van der Waals surface area contributed by atoms with E-state index in [1.807, 2.05) is 0 Å². The van der Waals surface area contributed by atoms with Gasteiger partial charge >= 0.3 is 6.72 Å². The fraction of sp³-hybridized carbons (Fsp3) is 1.00. The van der Waals surface area contributed by atoms with E-state index in [1.54, 1.807) is 0 Å². The Morgan fingerprint density at radius 1 is 1.30 bits per heavy atom. The fourth-order valence-corrected chi connectivity index (χ4v) is 3.58. The molecule has 3 nitrogen and oxygen atoms in total. The van der Waals surface area contributed by atoms with E-state index in [1.165, 1.54) is 0 Å². The smallest absolute Gasteiger partial charge is 0.296 e. The zero-order valence-corrected chi connectivity index (χ0v) is 10.3. The SMILES string of the molecule is S=P(OCl)(OCBr)OCBr. The summed E-state index contributed by atoms with van der Waals surface area (Å²) in [6.45, 7) is -2.70. The minimum absolute atomic E-state index is 0.240. The molecule has 0 N–H and O–H groups in total. The Morgan fingerprint density at radius 2 is 1.70 bits per heavy atom. The van der Waals surface area contributed by atoms with E-state index in [9.17, 15) is 0 Å². The lowest BCUT2D eigenvalue weighted by atomic mass is 11.8. The van der Waals surface area contributed by atoms with Gasteiger partial charge in [0.15, 0.2) is 0 Å². The van der Waals surface area contributed by atoms with Crippen LogP contribution >= 0.6 is 50.4 Å². The standard InChI is InChI=1S/C2H4Br2ClO3PS/c3-1-6-9(10,8-5)7-2-4/h1-2H2. The van der Waals surface area contributed by atoms with Gasteiger partial charge in [0.25, 0.3) is 0 Å². The molecule has 0 aliphatic heterocycles. The summed E-state index contributed by atoms with van der Waals surface area (Å²) in [7, 11) is 0. The highest BCUT2D eigenvalue weighted by Crippen LogP contribution is 2.51. The van der Waals surface area contributed by atoms with Crippen LogP contribution in [0.15, 0.2) is 0 Å². The quantitative estimate of drug-likeness (QED) is 0.570. The van der Waals surface area contributed by atoms with Crippen molar-refractivity contribution in [3.63, 3.8) is 0 Å². The van der Waals surface area contributed by atoms with E-state index < -0.39 is 6.72 Å². The molecule has 0 saturated heterocycles. The summed E-state index contributed by atoms with van der Waals surface area (Å²) in [5.41, 5.74) is 0.480. The summed E-state index contributed by atoms with van der Waals surface area (Å²) in [6, 6.07) is 0. The molecule has 0 atom stereocenters. The van der Waals surface area contributed by atoms with Crippen LogP contribution in [0.2, 0.25) is 0 Å². The van der Waals surface area contributed by atoms with Crippen molar-refractivity contribution in [2.45, 2.75) is 0 Å². The molecule has 0 radical (unpaired) electrons. The number of hydrogen-bond donors (Lipinski definition) is 0. The Labute approximate surface area is 86.0 Å². The Bertz CT molecular complexity index is 126. The van der Waals surface area contributed by atoms with E-state index in [2.05, 4.69) is 35.9 Å². The Morgan fingerprint density at radius 3 is 1.90 bits per heavy atom. The number of halogens is 3. The van der Waals surface area contributed by atoms with Gasteiger partial charge in [0.05, 0.1) is 11.9 Å². The molecule has 0 aromatic rings. The van der Waals surface area contributed by atoms with Crippen LogP contribution in [0.3, 0.4) is 0 Å². The normalized spacial score (nSPS) is 11.9. The first-order chi connectivity index (χ1) is 4.68. The van der Waals surface area contributed by atoms with Crippen LogP contribution in [0, 0.1) is 0 Å². The molecule has 0 unspecified atom stereocenters. The van der Waals surface area contributed by atoms with E-state index in [-0.39, 0.29) is 11.0 Å². The van der Waals surface area contributed by atoms with Crippen molar-refractivity contribution in [3.8, 4) is 0 Å². The van der Waals surface area contributed by atoms with Gasteiger partial charge in [0.2, 0.25) is 0 Å². The van der Waals surface area contributed by atoms with Crippen LogP contribution in [0.4, 0.5) is 0 Å². The lowest BCUT2D eigenvalue weighted by Gasteiger charge is -2.13. The molecule has 0 aromatic carbocycles. The number of hydrogen-bond acceptors (Lipinski definition) is 4. The van der Waals surface area contributed by atoms with Gasteiger partial charge in [-0.3, -0.25) is 9.05 Å². The van der Waals surface area contributed by atoms with Gasteiger partial charge in [-0.25, -0.2) is 0 Å². The molecular weight excluding hydrogens is 330 g/mol. The van der Waals surface area contributed by atoms with Gasteiger partial charge in [0.1, 0.15) is 11.0 Å². The molecule has 0 fully saturated rings. The van der Waals surface area contributed by atoms with Gasteiger partial charge in [-0.1, -0.05) is 31.9 Å². The molecule has 0 heterocycles. The highest BCUT2D eigenvalue weighted by molar-refractivity contribution is 9.09. The van der Waals surface area contributed by atoms with Crippen molar-refractivity contribution in [3.05, 3.63) is 0 Å². The molecule has 0 aromatic heterocycles. The predicted molar refractivity (Wildman–Crippen MR) is 51.0 cm³/mol. The largest absolute Gasteiger partial charge is 0.345 e. The molecule has 0 spiro atoms. The van der Waals surface area contributed by atoms with Gasteiger partial charge in [-0.15, -0.1) is 0 Å². The minimum atomic E-state index is -2.70. The molecule has 62 valence electrons. The Balaban J connectivity index is 3.83. The molecule has 0 aliphatic rings. The molecular formula is C2H4Br2ClO3PS. The second-order valence-electron chi connectivity index (χ2n) is 0.993. The van der Waals surface area contributed by atoms with Gasteiger partial charge in [-0.05, 0) is 11.8 Å². The minimum Gasteiger partial charge on any atom is -0.296 e. The van der Waals surface area contributed by atoms with Crippen LogP contribution in [0.25, 0.3) is 0 Å². The van der Waals surface area contributed by atoms with Crippen LogP contribution in [-0.4, -0.2) is 11.0 Å². The van der Waals surface area contributed by atoms with E-state index >= 15 is 0 Å². The summed E-state index contributed by atoms with van der Waals surface area (Å²) in [6.07, 6.45) is 0. The third kappa shape index (κ3) is 4.62. The Kier molecular flexibility index (Phi) is 7.44. The average Bonchev–Trinajstić information content (AvgIpc) is 1.89. The fourth-order valence-electron chi connectivity index (χ4n) is 0.197. The topological polar surface area (TPSA) is 27.7 Å². The van der Waals surface area contributed by atoms with E-state index in [0.29, 0.717) is 0 Å². The summed E-state index contributed by atoms with van der Waals surface area (Å²) in [5, 5.41) is 0. The van der Waals surface area contributed by atoms with Gasteiger partial charge in [-0.2, -0.15) is 4.08 Å². The van der Waals surface area contributed by atoms with Crippen molar-refractivity contribution in [1.29, 1.82) is 0 Å². The maximum Gasteiger partial charge on any atom is 0.345 e. The Hall–Kier alpha value is 1.78. The van der Waals surface area contributed by atoms with Gasteiger partial charge in [0, 0.05) is 0 Å². The lowest BCUT2D eigenvalue weighted by molar-refractivity contribution is 0.266. The van der Waals surface area contributed by atoms with Crippen LogP contribution in [0.1, 0.15) is 0 Å². The first-order valence-corrected chi connectivity index (χ1v) is 7.10. The molecule has 0 saturated carbocycles. The first-order valence-electron chi connectivity index (χ1n) is 2.00. The highest BCUT2D eigenvalue weighted by atomic mass is 79.9. The van der Waals surface area contributed by atoms with Crippen LogP contribution in [-0.2, 0) is 24.9 Å². The summed E-state index contributed by atoms with van der Waals surface area (Å²) >= 11 is 15.8. The van der Waals surface area contributed by atoms with E-state index in [4.69, 9.17) is 32.7 Å². The van der Waals surface area contributed by atoms with Crippen LogP contribution in [0.5, 0.6) is 0 Å². The zero-order valence-electron chi connectivity index (χ0n) is 4.63. The molecule has 0 bridgehead atoms. The highest BCUT2D eigenvalue weighted by Gasteiger charge is 2.18. The second kappa shape index (κ2) is 6.31. The number of alkyl halides is 2. The van der Waals surface area contributed by atoms with Crippen molar-refractivity contribution in [1.82, 2.24) is 0 Å². The van der Waals surface area contributed by atoms with Crippen LogP contribution < -0.4 is 0 Å². The molecule has 0 aliphatic carbocycles. The third-order valence-electron chi connectivity index (χ3n) is 0.498. The molecule has 10 heavy (non-hydrogen) atoms. The maximum atomic E-state index is 5.02. The van der Waals surface area contributed by atoms with Gasteiger partial charge < -0.3 is 0 Å². The summed E-state index contributed by atoms with van der Waals surface area (Å²) in [4.78, 5) is 0. The first kappa shape index (κ1) is 11.8. The summed E-state index contributed by atoms with van der Waals surface area (Å²) < 4.78 is 14.0. The van der Waals surface area contributed by atoms with E-state index in [0.717, 1.165) is 0 Å². The summed E-state index contributed by atoms with van der Waals surface area (Å²) in [5.74, 6) is 0. The lowest BCUT2D eigenvalue weighted by Crippen LogP contribution is -1.91. The zero-order chi connectivity index (χ0) is 8.04. The molecule has 8 heteroatoms. The third-order valence-corrected chi connectivity index (χ3v) is 4.37. The predicted octanol–water partition coefficient (Wildman–Crippen LogP) is 3.12. The maximum absolute atomic E-state index is 5.02. The van der Waals surface area contributed by atoms with Crippen molar-refractivity contribution in [2.24, 2.45) is 0 Å². The molecule has 0 rings (SSSR count). The van der Waals surface area contributed by atoms with Crippen molar-refractivity contribution < 1.29 is 13.1 Å². The molecule has 0 amide bonds. The van der Waals surface area contributed by atoms with Crippen molar-refractivity contribution >= 4 is 62.3 Å². The number of rotatable bonds is 5. The monoisotopic (exact) mass is 332 g/mol. The average molecular weight is 334 g/mol.